The Morgan fingerprint density at radius 1 is 0.947 bits per heavy atom. The molecule has 0 radical (unpaired) electrons. The Kier molecular flexibility index (Phi) is 4.85. The number of hydrogen-bond acceptors (Lipinski definition) is 0. The minimum atomic E-state index is -0.207. The number of rotatable bonds is 2. The minimum Gasteiger partial charge on any atom is -0.207 e. The third kappa shape index (κ3) is 3.47. The van der Waals surface area contributed by atoms with Gasteiger partial charge in [0.1, 0.15) is 5.82 Å². The summed E-state index contributed by atoms with van der Waals surface area (Å²) in [5.41, 5.74) is 4.06. The van der Waals surface area contributed by atoms with E-state index in [-0.39, 0.29) is 10.6 Å². The van der Waals surface area contributed by atoms with E-state index in [1.54, 1.807) is 6.07 Å². The van der Waals surface area contributed by atoms with Gasteiger partial charge in [0, 0.05) is 8.95 Å². The van der Waals surface area contributed by atoms with Gasteiger partial charge in [-0.15, -0.1) is 0 Å². The average molecular weight is 451 g/mol. The molecule has 0 aliphatic carbocycles. The molecule has 100 valence electrons. The molecule has 0 saturated heterocycles. The molecule has 0 aliphatic heterocycles. The summed E-state index contributed by atoms with van der Waals surface area (Å²) in [7, 11) is 0. The molecule has 0 spiro atoms. The van der Waals surface area contributed by atoms with Crippen LogP contribution < -0.4 is 0 Å². The van der Waals surface area contributed by atoms with E-state index in [4.69, 9.17) is 0 Å². The van der Waals surface area contributed by atoms with Gasteiger partial charge in [-0.2, -0.15) is 0 Å². The molecule has 1 unspecified atom stereocenters. The lowest BCUT2D eigenvalue weighted by molar-refractivity contribution is 0.624. The zero-order chi connectivity index (χ0) is 14.2. The third-order valence-corrected chi connectivity index (χ3v) is 5.47. The van der Waals surface area contributed by atoms with Gasteiger partial charge in [0.05, 0.1) is 4.83 Å². The molecule has 19 heavy (non-hydrogen) atoms. The Balaban J connectivity index is 2.49. The van der Waals surface area contributed by atoms with Gasteiger partial charge < -0.3 is 0 Å². The summed E-state index contributed by atoms with van der Waals surface area (Å²) >= 11 is 10.8. The highest BCUT2D eigenvalue weighted by Crippen LogP contribution is 2.38. The van der Waals surface area contributed by atoms with Crippen LogP contribution in [0.3, 0.4) is 0 Å². The number of halogens is 4. The average Bonchev–Trinajstić information content (AvgIpc) is 2.31. The van der Waals surface area contributed by atoms with Gasteiger partial charge in [-0.3, -0.25) is 0 Å². The summed E-state index contributed by atoms with van der Waals surface area (Å²) in [6.45, 7) is 3.93. The zero-order valence-electron chi connectivity index (χ0n) is 10.5. The van der Waals surface area contributed by atoms with Crippen molar-refractivity contribution in [2.45, 2.75) is 18.7 Å². The maximum atomic E-state index is 13.5. The second-order valence-electron chi connectivity index (χ2n) is 4.55. The van der Waals surface area contributed by atoms with E-state index in [0.29, 0.717) is 0 Å². The normalized spacial score (nSPS) is 12.5. The first-order chi connectivity index (χ1) is 8.88. The van der Waals surface area contributed by atoms with Crippen LogP contribution in [0.5, 0.6) is 0 Å². The van der Waals surface area contributed by atoms with Gasteiger partial charge in [-0.25, -0.2) is 4.39 Å². The first-order valence-corrected chi connectivity index (χ1v) is 8.25. The summed E-state index contributed by atoms with van der Waals surface area (Å²) in [6.07, 6.45) is 0. The molecule has 2 aromatic carbocycles. The quantitative estimate of drug-likeness (QED) is 0.461. The Morgan fingerprint density at radius 3 is 2.26 bits per heavy atom. The molecule has 0 N–H and O–H groups in total. The molecule has 0 aromatic heterocycles. The fourth-order valence-corrected chi connectivity index (χ4v) is 3.94. The van der Waals surface area contributed by atoms with Crippen molar-refractivity contribution in [2.24, 2.45) is 0 Å². The Bertz CT molecular complexity index is 603. The second-order valence-corrected chi connectivity index (χ2v) is 7.17. The van der Waals surface area contributed by atoms with Crippen LogP contribution in [0.15, 0.2) is 39.3 Å². The van der Waals surface area contributed by atoms with Crippen molar-refractivity contribution >= 4 is 47.8 Å². The van der Waals surface area contributed by atoms with Crippen LogP contribution in [0, 0.1) is 19.7 Å². The van der Waals surface area contributed by atoms with E-state index < -0.39 is 0 Å². The van der Waals surface area contributed by atoms with Gasteiger partial charge in [0.2, 0.25) is 0 Å². The minimum absolute atomic E-state index is 0.0480. The van der Waals surface area contributed by atoms with Crippen molar-refractivity contribution in [1.82, 2.24) is 0 Å². The highest BCUT2D eigenvalue weighted by Gasteiger charge is 2.16. The third-order valence-electron chi connectivity index (χ3n) is 2.91. The first-order valence-electron chi connectivity index (χ1n) is 5.75. The van der Waals surface area contributed by atoms with Gasteiger partial charge in [-0.05, 0) is 60.4 Å². The number of benzene rings is 2. The number of alkyl halides is 1. The monoisotopic (exact) mass is 448 g/mol. The summed E-state index contributed by atoms with van der Waals surface area (Å²) in [5, 5.41) is 0. The number of hydrogen-bond donors (Lipinski definition) is 0. The van der Waals surface area contributed by atoms with Crippen LogP contribution in [0.1, 0.15) is 27.1 Å². The van der Waals surface area contributed by atoms with Gasteiger partial charge >= 0.3 is 0 Å². The fraction of sp³-hybridized carbons (Fsp3) is 0.200. The fourth-order valence-electron chi connectivity index (χ4n) is 1.95. The molecule has 2 rings (SSSR count). The zero-order valence-corrected chi connectivity index (χ0v) is 15.2. The van der Waals surface area contributed by atoms with Crippen LogP contribution in [0.2, 0.25) is 0 Å². The van der Waals surface area contributed by atoms with Crippen molar-refractivity contribution in [1.29, 1.82) is 0 Å². The summed E-state index contributed by atoms with van der Waals surface area (Å²) in [5.74, 6) is -0.207. The maximum absolute atomic E-state index is 13.5. The first kappa shape index (κ1) is 15.2. The largest absolute Gasteiger partial charge is 0.207 e. The highest BCUT2D eigenvalue weighted by atomic mass is 79.9. The standard InChI is InChI=1S/C15H12Br3F/c1-8-3-10(6-11(19)4-8)15(18)12-7-13(16)9(2)5-14(12)17/h3-7,15H,1-2H3. The lowest BCUT2D eigenvalue weighted by atomic mass is 10.0. The molecule has 0 bridgehead atoms. The van der Waals surface area contributed by atoms with E-state index >= 15 is 0 Å². The Labute approximate surface area is 137 Å². The molecule has 0 heterocycles. The smallest absolute Gasteiger partial charge is 0.123 e. The van der Waals surface area contributed by atoms with Crippen molar-refractivity contribution < 1.29 is 4.39 Å². The predicted molar refractivity (Wildman–Crippen MR) is 88.5 cm³/mol. The molecular formula is C15H12Br3F. The molecule has 2 aromatic rings. The Hall–Kier alpha value is -0.190. The Morgan fingerprint density at radius 2 is 1.63 bits per heavy atom. The van der Waals surface area contributed by atoms with Crippen molar-refractivity contribution in [2.75, 3.05) is 0 Å². The van der Waals surface area contributed by atoms with Crippen LogP contribution in [-0.2, 0) is 0 Å². The van der Waals surface area contributed by atoms with Crippen LogP contribution >= 0.6 is 47.8 Å². The molecule has 1 atom stereocenters. The molecular weight excluding hydrogens is 439 g/mol. The molecule has 0 aliphatic rings. The van der Waals surface area contributed by atoms with Crippen LogP contribution in [0.25, 0.3) is 0 Å². The van der Waals surface area contributed by atoms with E-state index in [1.807, 2.05) is 19.9 Å². The lowest BCUT2D eigenvalue weighted by Gasteiger charge is -2.15. The van der Waals surface area contributed by atoms with Crippen LogP contribution in [-0.4, -0.2) is 0 Å². The van der Waals surface area contributed by atoms with E-state index in [9.17, 15) is 4.39 Å². The highest BCUT2D eigenvalue weighted by molar-refractivity contribution is 9.11. The molecule has 0 fully saturated rings. The lowest BCUT2D eigenvalue weighted by Crippen LogP contribution is -1.97. The van der Waals surface area contributed by atoms with E-state index in [1.165, 1.54) is 6.07 Å². The number of aryl methyl sites for hydroxylation is 2. The summed E-state index contributed by atoms with van der Waals surface area (Å²) in [6, 6.07) is 9.19. The van der Waals surface area contributed by atoms with E-state index in [0.717, 1.165) is 31.2 Å². The maximum Gasteiger partial charge on any atom is 0.123 e. The summed E-state index contributed by atoms with van der Waals surface area (Å²) in [4.78, 5) is -0.0480. The van der Waals surface area contributed by atoms with Gasteiger partial charge in [-0.1, -0.05) is 53.9 Å². The molecule has 0 amide bonds. The van der Waals surface area contributed by atoms with Gasteiger partial charge in [0.15, 0.2) is 0 Å². The van der Waals surface area contributed by atoms with Gasteiger partial charge in [0.25, 0.3) is 0 Å². The molecule has 4 heteroatoms. The second kappa shape index (κ2) is 6.06. The molecule has 0 nitrogen and oxygen atoms in total. The predicted octanol–water partition coefficient (Wildman–Crippen LogP) is 6.45. The molecule has 0 saturated carbocycles. The van der Waals surface area contributed by atoms with E-state index in [2.05, 4.69) is 59.9 Å². The van der Waals surface area contributed by atoms with Crippen molar-refractivity contribution in [3.8, 4) is 0 Å². The van der Waals surface area contributed by atoms with Crippen LogP contribution in [0.4, 0.5) is 4.39 Å². The topological polar surface area (TPSA) is 0 Å². The van der Waals surface area contributed by atoms with Crippen molar-refractivity contribution in [3.63, 3.8) is 0 Å². The summed E-state index contributed by atoms with van der Waals surface area (Å²) < 4.78 is 15.6. The SMILES string of the molecule is Cc1cc(F)cc(C(Br)c2cc(Br)c(C)cc2Br)c1. The van der Waals surface area contributed by atoms with Crippen molar-refractivity contribution in [3.05, 3.63) is 67.3 Å².